The van der Waals surface area contributed by atoms with Gasteiger partial charge in [0, 0.05) is 0 Å². The molecular weight excluding hydrogens is 551 g/mol. The van der Waals surface area contributed by atoms with E-state index in [1.807, 2.05) is 0 Å². The van der Waals surface area contributed by atoms with E-state index in [0.29, 0.717) is 6.37 Å². The van der Waals surface area contributed by atoms with Crippen molar-refractivity contribution in [2.45, 2.75) is 6.37 Å². The number of fused-ring (bicyclic) bond motifs is 4. The molecule has 1 unspecified atom stereocenters. The molecule has 0 radical (unpaired) electrons. The summed E-state index contributed by atoms with van der Waals surface area (Å²) < 4.78 is 0.938. The molecule has 2 aliphatic carbocycles. The molecule has 7 rings (SSSR count). The molecule has 0 saturated carbocycles. The van der Waals surface area contributed by atoms with Crippen LogP contribution in [0, 0.1) is 0 Å². The Bertz CT molecular complexity index is 1330. The van der Waals surface area contributed by atoms with Gasteiger partial charge in [-0.25, -0.2) is 0 Å². The third-order valence-corrected chi connectivity index (χ3v) is 21.4. The maximum absolute atomic E-state index is 2.63. The molecule has 1 aliphatic heterocycles. The number of hydrogen-bond acceptors (Lipinski definition) is 0. The molecule has 164 valence electrons. The van der Waals surface area contributed by atoms with Crippen LogP contribution in [0.3, 0.4) is 0 Å². The van der Waals surface area contributed by atoms with Crippen molar-refractivity contribution in [2.75, 3.05) is 0 Å². The van der Waals surface area contributed by atoms with E-state index in [1.54, 1.807) is 26.7 Å². The Morgan fingerprint density at radius 1 is 0.588 bits per heavy atom. The summed E-state index contributed by atoms with van der Waals surface area (Å²) in [6, 6.07) is 41.3. The van der Waals surface area contributed by atoms with Gasteiger partial charge in [-0.15, -0.1) is 0 Å². The van der Waals surface area contributed by atoms with Crippen molar-refractivity contribution in [1.29, 1.82) is 0 Å². The summed E-state index contributed by atoms with van der Waals surface area (Å²) in [5.74, 6) is 0. The van der Waals surface area contributed by atoms with E-state index >= 15 is 0 Å². The Labute approximate surface area is 226 Å². The molecule has 0 aromatic heterocycles. The molecule has 0 amide bonds. The monoisotopic (exact) mass is 570 g/mol. The van der Waals surface area contributed by atoms with Gasteiger partial charge in [-0.1, -0.05) is 0 Å². The van der Waals surface area contributed by atoms with Gasteiger partial charge in [0.25, 0.3) is 0 Å². The first-order valence-electron chi connectivity index (χ1n) is 11.3. The minimum Gasteiger partial charge on any atom is -1.00 e. The van der Waals surface area contributed by atoms with Crippen LogP contribution in [0.1, 0.15) is 14.8 Å². The maximum atomic E-state index is 2.63. The summed E-state index contributed by atoms with van der Waals surface area (Å²) in [4.78, 5) is 0. The summed E-state index contributed by atoms with van der Waals surface area (Å²) in [5, 5.41) is 4.93. The van der Waals surface area contributed by atoms with Gasteiger partial charge in [-0.2, -0.15) is 0 Å². The van der Waals surface area contributed by atoms with Crippen molar-refractivity contribution in [2.24, 2.45) is 0 Å². The van der Waals surface area contributed by atoms with Gasteiger partial charge in [0.15, 0.2) is 0 Å². The normalized spacial score (nSPS) is 20.1. The van der Waals surface area contributed by atoms with Gasteiger partial charge < -0.3 is 24.8 Å². The number of benzene rings is 4. The van der Waals surface area contributed by atoms with E-state index in [2.05, 4.69) is 127 Å². The average Bonchev–Trinajstić information content (AvgIpc) is 3.11. The van der Waals surface area contributed by atoms with Gasteiger partial charge in [0.2, 0.25) is 0 Å². The molecule has 0 spiro atoms. The molecule has 0 nitrogen and oxygen atoms in total. The summed E-state index contributed by atoms with van der Waals surface area (Å²) in [7, 11) is -1.96. The number of rotatable bonds is 4. The second-order valence-corrected chi connectivity index (χ2v) is 18.3. The zero-order valence-electron chi connectivity index (χ0n) is 18.5. The van der Waals surface area contributed by atoms with Crippen molar-refractivity contribution >= 4 is 18.4 Å². The Morgan fingerprint density at radius 2 is 1.06 bits per heavy atom. The Hall–Kier alpha value is -1.96. The van der Waals surface area contributed by atoms with Crippen molar-refractivity contribution in [1.82, 2.24) is 0 Å². The summed E-state index contributed by atoms with van der Waals surface area (Å²) in [5.41, 5.74) is 6.07. The molecule has 1 atom stereocenters. The SMILES string of the molecule is C1=C[C]2([Zr+2][CH]3c4ccccc4-c4ccccc43)C(=C1)[Si]2(c1ccccc1)c1ccccc1.[Cl-].[Cl-]. The van der Waals surface area contributed by atoms with Crippen molar-refractivity contribution in [3.05, 3.63) is 144 Å². The molecule has 4 aromatic carbocycles. The number of halogens is 2. The van der Waals surface area contributed by atoms with Gasteiger partial charge in [-0.3, -0.25) is 0 Å². The molecule has 4 aromatic rings. The fourth-order valence-electron chi connectivity index (χ4n) is 6.29. The molecule has 1 heterocycles. The zero-order chi connectivity index (χ0) is 21.2. The first kappa shape index (κ1) is 23.8. The van der Waals surface area contributed by atoms with Crippen LogP contribution in [0.5, 0.6) is 0 Å². The van der Waals surface area contributed by atoms with Crippen LogP contribution < -0.4 is 35.2 Å². The molecular formula is C30H22Cl2SiZr. The summed E-state index contributed by atoms with van der Waals surface area (Å²) in [6.45, 7) is 0. The molecule has 0 bridgehead atoms. The van der Waals surface area contributed by atoms with Gasteiger partial charge in [-0.05, 0) is 0 Å². The fourth-order valence-corrected chi connectivity index (χ4v) is 23.0. The third kappa shape index (κ3) is 3.06. The van der Waals surface area contributed by atoms with E-state index in [1.165, 1.54) is 11.1 Å². The van der Waals surface area contributed by atoms with Crippen molar-refractivity contribution in [3.63, 3.8) is 0 Å². The first-order chi connectivity index (χ1) is 15.9. The van der Waals surface area contributed by atoms with E-state index in [4.69, 9.17) is 0 Å². The van der Waals surface area contributed by atoms with Crippen molar-refractivity contribution in [3.8, 4) is 11.1 Å². The summed E-state index contributed by atoms with van der Waals surface area (Å²) in [6.07, 6.45) is 7.48. The number of allylic oxidation sites excluding steroid dienone is 4. The van der Waals surface area contributed by atoms with Crippen molar-refractivity contribution < 1.29 is 48.0 Å². The van der Waals surface area contributed by atoms with Crippen LogP contribution in [0.2, 0.25) is 2.75 Å². The minimum atomic E-state index is -1.96. The van der Waals surface area contributed by atoms with Crippen LogP contribution in [0.4, 0.5) is 0 Å². The average molecular weight is 573 g/mol. The van der Waals surface area contributed by atoms with Crippen LogP contribution in [-0.4, -0.2) is 8.07 Å². The largest absolute Gasteiger partial charge is 1.00 e. The smallest absolute Gasteiger partial charge is 1.00 e. The van der Waals surface area contributed by atoms with E-state index in [9.17, 15) is 0 Å². The molecule has 1 saturated heterocycles. The first-order valence-corrected chi connectivity index (χ1v) is 16.0. The molecule has 34 heavy (non-hydrogen) atoms. The Balaban J connectivity index is 0.00000120. The molecule has 3 aliphatic rings. The molecule has 0 N–H and O–H groups in total. The minimum absolute atomic E-state index is 0. The third-order valence-electron chi connectivity index (χ3n) is 7.59. The second-order valence-electron chi connectivity index (χ2n) is 8.98. The van der Waals surface area contributed by atoms with Gasteiger partial charge in [0.1, 0.15) is 0 Å². The second kappa shape index (κ2) is 8.92. The van der Waals surface area contributed by atoms with Crippen LogP contribution in [0.15, 0.2) is 133 Å². The van der Waals surface area contributed by atoms with Crippen LogP contribution >= 0.6 is 0 Å². The van der Waals surface area contributed by atoms with Crippen LogP contribution in [-0.2, 0) is 23.2 Å². The fraction of sp³-hybridized carbons (Fsp3) is 0.0667. The standard InChI is InChI=1S/C17H13Si.C13H9.2ClH.Zr/c1-3-8-14(9-4-1)18(15-10-5-2-6-11-15)16-12-7-13-17(16)18;1-3-7-12-10(5-1)9-11-6-2-4-8-13(11)12;;;/h1-13H;1-9H;2*1H;/q;;;;+2/p-2. The topological polar surface area (TPSA) is 0 Å². The zero-order valence-corrected chi connectivity index (χ0v) is 23.4. The van der Waals surface area contributed by atoms with Gasteiger partial charge >= 0.3 is 203 Å². The Kier molecular flexibility index (Phi) is 6.23. The van der Waals surface area contributed by atoms with Gasteiger partial charge in [0.05, 0.1) is 0 Å². The summed E-state index contributed by atoms with van der Waals surface area (Å²) >= 11 is -0.944. The predicted molar refractivity (Wildman–Crippen MR) is 132 cm³/mol. The van der Waals surface area contributed by atoms with E-state index in [0.717, 1.165) is 0 Å². The van der Waals surface area contributed by atoms with E-state index < -0.39 is 31.3 Å². The quantitative estimate of drug-likeness (QED) is 0.299. The van der Waals surface area contributed by atoms with Crippen LogP contribution in [0.25, 0.3) is 11.1 Å². The molecule has 4 heteroatoms. The Morgan fingerprint density at radius 3 is 1.59 bits per heavy atom. The van der Waals surface area contributed by atoms with E-state index in [-0.39, 0.29) is 24.8 Å². The maximum Gasteiger partial charge on any atom is -1.00 e. The predicted octanol–water partition coefficient (Wildman–Crippen LogP) is -0.143. The number of hydrogen-bond donors (Lipinski definition) is 0. The molecule has 1 fully saturated rings.